The minimum absolute atomic E-state index is 0. The third-order valence-electron chi connectivity index (χ3n) is 0.473. The van der Waals surface area contributed by atoms with E-state index in [4.69, 9.17) is 0 Å². The molecular weight excluding hydrogens is 193 g/mol. The molecule has 2 nitrogen and oxygen atoms in total. The largest absolute Gasteiger partial charge is 0.474 e. The SMILES string of the molecule is [CH2-]C#CCOC(C)=O.[Y]. The molecule has 0 saturated carbocycles. The molecule has 0 fully saturated rings. The Morgan fingerprint density at radius 1 is 1.78 bits per heavy atom. The van der Waals surface area contributed by atoms with Crippen LogP contribution in [0, 0.1) is 18.8 Å². The minimum atomic E-state index is -0.312. The summed E-state index contributed by atoms with van der Waals surface area (Å²) in [4.78, 5) is 10.0. The Labute approximate surface area is 80.2 Å². The predicted molar refractivity (Wildman–Crippen MR) is 29.8 cm³/mol. The third-order valence-corrected chi connectivity index (χ3v) is 0.473. The topological polar surface area (TPSA) is 26.3 Å². The zero-order valence-corrected chi connectivity index (χ0v) is 8.15. The molecule has 0 saturated heterocycles. The maximum absolute atomic E-state index is 10.0. The smallest absolute Gasteiger partial charge is 0.301 e. The van der Waals surface area contributed by atoms with Gasteiger partial charge in [-0.1, -0.05) is 0 Å². The van der Waals surface area contributed by atoms with Gasteiger partial charge < -0.3 is 4.74 Å². The number of ether oxygens (including phenoxy) is 1. The number of rotatable bonds is 1. The van der Waals surface area contributed by atoms with Crippen LogP contribution >= 0.6 is 0 Å². The number of hydrogen-bond acceptors (Lipinski definition) is 2. The van der Waals surface area contributed by atoms with E-state index < -0.39 is 0 Å². The van der Waals surface area contributed by atoms with Gasteiger partial charge >= 0.3 is 5.97 Å². The zero-order valence-electron chi connectivity index (χ0n) is 5.31. The summed E-state index contributed by atoms with van der Waals surface area (Å²) in [5.41, 5.74) is 0. The molecule has 1 radical (unpaired) electrons. The summed E-state index contributed by atoms with van der Waals surface area (Å²) >= 11 is 0. The van der Waals surface area contributed by atoms with Gasteiger partial charge in [0.1, 0.15) is 0 Å². The van der Waals surface area contributed by atoms with Crippen LogP contribution in [0.25, 0.3) is 0 Å². The molecule has 0 unspecified atom stereocenters. The van der Waals surface area contributed by atoms with E-state index in [1.165, 1.54) is 6.92 Å². The summed E-state index contributed by atoms with van der Waals surface area (Å²) in [6.07, 6.45) is 0. The van der Waals surface area contributed by atoms with Crippen LogP contribution in [0.15, 0.2) is 0 Å². The Morgan fingerprint density at radius 3 is 2.67 bits per heavy atom. The second kappa shape index (κ2) is 8.00. The second-order valence-electron chi connectivity index (χ2n) is 1.13. The molecule has 0 atom stereocenters. The number of esters is 1. The van der Waals surface area contributed by atoms with E-state index in [9.17, 15) is 4.79 Å². The molecule has 0 bridgehead atoms. The first-order valence-electron chi connectivity index (χ1n) is 2.15. The van der Waals surface area contributed by atoms with Crippen molar-refractivity contribution in [3.05, 3.63) is 6.92 Å². The van der Waals surface area contributed by atoms with Crippen LogP contribution in [0.5, 0.6) is 0 Å². The van der Waals surface area contributed by atoms with Gasteiger partial charge in [0, 0.05) is 39.6 Å². The van der Waals surface area contributed by atoms with Crippen LogP contribution in [0.2, 0.25) is 0 Å². The molecule has 0 aromatic carbocycles. The summed E-state index contributed by atoms with van der Waals surface area (Å²) in [7, 11) is 0. The van der Waals surface area contributed by atoms with Crippen molar-refractivity contribution in [1.82, 2.24) is 0 Å². The Balaban J connectivity index is 0. The van der Waals surface area contributed by atoms with E-state index in [1.807, 2.05) is 0 Å². The molecule has 0 aliphatic rings. The molecule has 0 heterocycles. The summed E-state index contributed by atoms with van der Waals surface area (Å²) in [5, 5.41) is 0. The third kappa shape index (κ3) is 11.5. The van der Waals surface area contributed by atoms with Gasteiger partial charge in [0.2, 0.25) is 0 Å². The van der Waals surface area contributed by atoms with Gasteiger partial charge in [0.05, 0.1) is 6.61 Å². The first-order valence-corrected chi connectivity index (χ1v) is 2.15. The van der Waals surface area contributed by atoms with Gasteiger partial charge in [-0.3, -0.25) is 16.6 Å². The molecule has 0 aliphatic carbocycles. The summed E-state index contributed by atoms with van der Waals surface area (Å²) in [6, 6.07) is 0. The molecule has 0 aliphatic heterocycles. The van der Waals surface area contributed by atoms with E-state index >= 15 is 0 Å². The molecule has 9 heavy (non-hydrogen) atoms. The Hall–Kier alpha value is 0.00390. The standard InChI is InChI=1S/C6H7O2.Y/c1-3-4-5-8-6(2)7;/h1,5H2,2H3;/q-1;. The molecule has 0 aromatic rings. The van der Waals surface area contributed by atoms with Crippen LogP contribution < -0.4 is 0 Å². The Kier molecular flexibility index (Phi) is 10.5. The average Bonchev–Trinajstić information content (AvgIpc) is 1.66. The van der Waals surface area contributed by atoms with Gasteiger partial charge in [-0.25, -0.2) is 0 Å². The van der Waals surface area contributed by atoms with Crippen molar-refractivity contribution in [3.8, 4) is 11.8 Å². The van der Waals surface area contributed by atoms with E-state index in [-0.39, 0.29) is 45.3 Å². The molecule has 47 valence electrons. The molecule has 0 rings (SSSR count). The van der Waals surface area contributed by atoms with Gasteiger partial charge in [-0.05, 0) is 0 Å². The fourth-order valence-corrected chi connectivity index (χ4v) is 0.189. The predicted octanol–water partition coefficient (Wildman–Crippen LogP) is 0.384. The monoisotopic (exact) mass is 200 g/mol. The first-order chi connectivity index (χ1) is 3.77. The van der Waals surface area contributed by atoms with Crippen molar-refractivity contribution in [2.75, 3.05) is 6.61 Å². The quantitative estimate of drug-likeness (QED) is 0.347. The number of carbonyl (C=O) groups is 1. The fraction of sp³-hybridized carbons (Fsp3) is 0.333. The van der Waals surface area contributed by atoms with E-state index in [1.54, 1.807) is 0 Å². The van der Waals surface area contributed by atoms with E-state index in [0.717, 1.165) is 0 Å². The maximum Gasteiger partial charge on any atom is 0.301 e. The van der Waals surface area contributed by atoms with Crippen molar-refractivity contribution >= 4 is 5.97 Å². The van der Waals surface area contributed by atoms with Crippen LogP contribution in [0.1, 0.15) is 6.92 Å². The normalized spacial score (nSPS) is 5.89. The molecule has 3 heteroatoms. The van der Waals surface area contributed by atoms with Crippen molar-refractivity contribution in [1.29, 1.82) is 0 Å². The van der Waals surface area contributed by atoms with Gasteiger partial charge in [-0.15, -0.1) is 0 Å². The molecule has 0 aromatic heterocycles. The van der Waals surface area contributed by atoms with Crippen molar-refractivity contribution in [2.45, 2.75) is 6.92 Å². The van der Waals surface area contributed by atoms with Crippen LogP contribution in [0.3, 0.4) is 0 Å². The van der Waals surface area contributed by atoms with Crippen LogP contribution in [-0.2, 0) is 42.2 Å². The average molecular weight is 200 g/mol. The summed E-state index contributed by atoms with van der Waals surface area (Å²) in [6.45, 7) is 4.72. The van der Waals surface area contributed by atoms with Gasteiger partial charge in [-0.2, -0.15) is 6.92 Å². The van der Waals surface area contributed by atoms with Gasteiger partial charge in [0.25, 0.3) is 0 Å². The van der Waals surface area contributed by atoms with Crippen molar-refractivity contribution in [3.63, 3.8) is 0 Å². The number of carbonyl (C=O) groups excluding carboxylic acids is 1. The minimum Gasteiger partial charge on any atom is -0.474 e. The Morgan fingerprint density at radius 2 is 2.33 bits per heavy atom. The number of hydrogen-bond donors (Lipinski definition) is 0. The Bertz CT molecular complexity index is 132. The summed E-state index contributed by atoms with van der Waals surface area (Å²) in [5.74, 6) is 4.51. The summed E-state index contributed by atoms with van der Waals surface area (Å²) < 4.78 is 4.43. The molecule has 0 N–H and O–H groups in total. The fourth-order valence-electron chi connectivity index (χ4n) is 0.189. The molecule has 0 amide bonds. The van der Waals surface area contributed by atoms with Crippen LogP contribution in [0.4, 0.5) is 0 Å². The van der Waals surface area contributed by atoms with Gasteiger partial charge in [0.15, 0.2) is 0 Å². The first kappa shape index (κ1) is 11.8. The van der Waals surface area contributed by atoms with E-state index in [0.29, 0.717) is 0 Å². The van der Waals surface area contributed by atoms with Crippen molar-refractivity contribution < 1.29 is 42.2 Å². The zero-order chi connectivity index (χ0) is 6.41. The molecular formula is C6H7O2Y-. The second-order valence-corrected chi connectivity index (χ2v) is 1.13. The molecule has 0 spiro atoms. The van der Waals surface area contributed by atoms with Crippen LogP contribution in [-0.4, -0.2) is 12.6 Å². The van der Waals surface area contributed by atoms with E-state index in [2.05, 4.69) is 23.5 Å². The maximum atomic E-state index is 10.0. The van der Waals surface area contributed by atoms with Crippen molar-refractivity contribution in [2.24, 2.45) is 0 Å².